The molecule has 1 aliphatic heterocycles. The number of carbonyl (C=O) groups is 2. The maximum absolute atomic E-state index is 12.1. The Morgan fingerprint density at radius 2 is 0.936 bits per heavy atom. The fraction of sp³-hybridized carbons (Fsp3) is 0.333. The molecule has 0 radical (unpaired) electrons. The van der Waals surface area contributed by atoms with Crippen molar-refractivity contribution in [3.8, 4) is 0 Å². The van der Waals surface area contributed by atoms with Crippen molar-refractivity contribution in [3.63, 3.8) is 0 Å². The maximum atomic E-state index is 12.1. The van der Waals surface area contributed by atoms with E-state index in [1.165, 1.54) is 23.1 Å². The molecule has 1 unspecified atom stereocenters. The van der Waals surface area contributed by atoms with Gasteiger partial charge < -0.3 is 0 Å². The van der Waals surface area contributed by atoms with Crippen LogP contribution in [0.3, 0.4) is 0 Å². The molecule has 0 bridgehead atoms. The minimum atomic E-state index is -8.77. The number of amides is 2. The van der Waals surface area contributed by atoms with Crippen molar-refractivity contribution >= 4 is 29.2 Å². The summed E-state index contributed by atoms with van der Waals surface area (Å²) in [5, 5.41) is 2.14. The molecule has 0 aromatic heterocycles. The van der Waals surface area contributed by atoms with Crippen LogP contribution in [-0.2, 0) is 15.0 Å². The minimum Gasteiger partial charge on any atom is -0.296 e. The molecule has 0 saturated carbocycles. The molecule has 1 atom stereocenters. The van der Waals surface area contributed by atoms with Crippen LogP contribution in [0.15, 0.2) is 91.0 Å². The number of hydrogen-bond donors (Lipinski definition) is 1. The van der Waals surface area contributed by atoms with Crippen LogP contribution in [0.2, 0.25) is 0 Å². The quantitative estimate of drug-likeness (QED) is 0.103. The SMILES string of the molecule is FC(F)(F)C(F)(F)C(F)(F)C(F)(F)[PH](F)(F)F.O=C1CCC(=O)N1.PCCCC(c1ccccc1)(c1ccccc1)c1ccccc1. The third-order valence-electron chi connectivity index (χ3n) is 6.91. The molecule has 2 amide bonds. The Bertz CT molecular complexity index is 1300. The van der Waals surface area contributed by atoms with Crippen LogP contribution in [0, 0.1) is 0 Å². The molecule has 47 heavy (non-hydrogen) atoms. The molecule has 4 rings (SSSR count). The fourth-order valence-corrected chi connectivity index (χ4v) is 5.25. The van der Waals surface area contributed by atoms with Gasteiger partial charge in [0.05, 0.1) is 0 Å². The van der Waals surface area contributed by atoms with Crippen molar-refractivity contribution in [1.29, 1.82) is 0 Å². The zero-order valence-electron chi connectivity index (χ0n) is 24.1. The van der Waals surface area contributed by atoms with Gasteiger partial charge in [-0.25, -0.2) is 0 Å². The number of imide groups is 1. The molecular weight excluding hydrogens is 696 g/mol. The summed E-state index contributed by atoms with van der Waals surface area (Å²) in [6.07, 6.45) is -3.09. The molecular formula is C30H29F12NO2P2. The molecule has 1 fully saturated rings. The van der Waals surface area contributed by atoms with Crippen LogP contribution < -0.4 is 5.32 Å². The zero-order valence-corrected chi connectivity index (χ0v) is 26.3. The Kier molecular flexibility index (Phi) is 13.5. The van der Waals surface area contributed by atoms with Gasteiger partial charge in [-0.1, -0.05) is 91.0 Å². The molecule has 1 aliphatic rings. The standard InChI is InChI=1S/C22H23P.C4HF12P.C4H5NO2/c23-18-10-17-22(19-11-4-1-5-12-19,20-13-6-2-7-14-20)21-15-8-3-9-16-21;5-1(6,3(9,10)11)2(7,8)4(12,13)17(14,15)16;6-3-1-2-4(7)5-3/h1-9,11-16H,10,17-18,23H2;17H;1-2H2,(H,5,6,7). The van der Waals surface area contributed by atoms with Crippen LogP contribution in [0.25, 0.3) is 0 Å². The summed E-state index contributed by atoms with van der Waals surface area (Å²) >= 11 is 0. The maximum Gasteiger partial charge on any atom is 0.227 e. The molecule has 17 heteroatoms. The van der Waals surface area contributed by atoms with Crippen molar-refractivity contribution in [2.45, 2.75) is 54.8 Å². The van der Waals surface area contributed by atoms with Crippen molar-refractivity contribution < 1.29 is 61.7 Å². The van der Waals surface area contributed by atoms with E-state index in [0.29, 0.717) is 12.8 Å². The molecule has 3 aromatic carbocycles. The van der Waals surface area contributed by atoms with Gasteiger partial charge in [0.15, 0.2) is 0 Å². The van der Waals surface area contributed by atoms with Gasteiger partial charge in [0, 0.05) is 18.3 Å². The van der Waals surface area contributed by atoms with Crippen molar-refractivity contribution in [2.75, 3.05) is 6.16 Å². The van der Waals surface area contributed by atoms with Gasteiger partial charge in [0.2, 0.25) is 11.8 Å². The van der Waals surface area contributed by atoms with E-state index in [9.17, 15) is 61.7 Å². The smallest absolute Gasteiger partial charge is 0.227 e. The van der Waals surface area contributed by atoms with Gasteiger partial charge in [-0.15, -0.1) is 9.24 Å². The minimum absolute atomic E-state index is 0.0830. The predicted octanol–water partition coefficient (Wildman–Crippen LogP) is 9.91. The number of carbonyl (C=O) groups excluding carboxylic acids is 2. The van der Waals surface area contributed by atoms with Crippen LogP contribution in [-0.4, -0.2) is 41.7 Å². The molecule has 260 valence electrons. The Morgan fingerprint density at radius 1 is 0.596 bits per heavy atom. The van der Waals surface area contributed by atoms with E-state index in [1.54, 1.807) is 0 Å². The molecule has 1 saturated heterocycles. The van der Waals surface area contributed by atoms with Crippen molar-refractivity contribution in [3.05, 3.63) is 108 Å². The first-order valence-electron chi connectivity index (χ1n) is 13.6. The molecule has 1 N–H and O–H groups in total. The summed E-state index contributed by atoms with van der Waals surface area (Å²) in [4.78, 5) is 20.2. The first-order valence-corrected chi connectivity index (χ1v) is 16.1. The molecule has 1 heterocycles. The molecule has 0 aliphatic carbocycles. The van der Waals surface area contributed by atoms with Gasteiger partial charge in [-0.05, 0) is 35.7 Å². The summed E-state index contributed by atoms with van der Waals surface area (Å²) in [5.41, 5.74) is -3.36. The van der Waals surface area contributed by atoms with Crippen LogP contribution in [0.4, 0.5) is 52.1 Å². The molecule has 3 nitrogen and oxygen atoms in total. The topological polar surface area (TPSA) is 46.2 Å². The molecule has 0 spiro atoms. The Hall–Kier alpha value is -3.18. The average molecular weight is 725 g/mol. The summed E-state index contributed by atoms with van der Waals surface area (Å²) in [6, 6.07) is 32.8. The normalized spacial score (nSPS) is 14.7. The summed E-state index contributed by atoms with van der Waals surface area (Å²) < 4.78 is 140. The van der Waals surface area contributed by atoms with E-state index in [-0.39, 0.29) is 17.2 Å². The first-order chi connectivity index (χ1) is 21.7. The third kappa shape index (κ3) is 9.04. The Balaban J connectivity index is 0.000000280. The fourth-order valence-electron chi connectivity index (χ4n) is 4.53. The second-order valence-electron chi connectivity index (χ2n) is 10.1. The largest absolute Gasteiger partial charge is 0.296 e. The summed E-state index contributed by atoms with van der Waals surface area (Å²) in [7, 11) is -5.90. The number of benzene rings is 3. The number of hydrogen-bond acceptors (Lipinski definition) is 2. The molecule has 3 aromatic rings. The summed E-state index contributed by atoms with van der Waals surface area (Å²) in [6.45, 7) is 0. The van der Waals surface area contributed by atoms with Gasteiger partial charge in [0.25, 0.3) is 0 Å². The number of halogens is 12. The zero-order chi connectivity index (χ0) is 35.7. The monoisotopic (exact) mass is 725 g/mol. The van der Waals surface area contributed by atoms with Gasteiger partial charge in [-0.3, -0.25) is 14.9 Å². The van der Waals surface area contributed by atoms with Crippen LogP contribution >= 0.6 is 17.4 Å². The number of alkyl halides is 9. The van der Waals surface area contributed by atoms with E-state index in [0.717, 1.165) is 12.6 Å². The number of nitrogens with one attached hydrogen (secondary N) is 1. The second-order valence-corrected chi connectivity index (χ2v) is 12.3. The Labute approximate surface area is 265 Å². The average Bonchev–Trinajstić information content (AvgIpc) is 3.40. The van der Waals surface area contributed by atoms with Crippen LogP contribution in [0.1, 0.15) is 42.4 Å². The van der Waals surface area contributed by atoms with Gasteiger partial charge in [0.1, 0.15) is 0 Å². The van der Waals surface area contributed by atoms with E-state index >= 15 is 0 Å². The first kappa shape index (κ1) is 40.0. The van der Waals surface area contributed by atoms with E-state index in [1.807, 2.05) is 0 Å². The van der Waals surface area contributed by atoms with E-state index < -0.39 is 31.9 Å². The van der Waals surface area contributed by atoms with Gasteiger partial charge >= 0.3 is 84.0 Å². The second kappa shape index (κ2) is 15.8. The Morgan fingerprint density at radius 3 is 1.17 bits per heavy atom. The third-order valence-corrected chi connectivity index (χ3v) is 8.35. The summed E-state index contributed by atoms with van der Waals surface area (Å²) in [5.74, 6) is -15.4. The van der Waals surface area contributed by atoms with E-state index in [2.05, 4.69) is 106 Å². The van der Waals surface area contributed by atoms with Crippen molar-refractivity contribution in [1.82, 2.24) is 5.32 Å². The van der Waals surface area contributed by atoms with E-state index in [4.69, 9.17) is 0 Å². The van der Waals surface area contributed by atoms with Gasteiger partial charge in [-0.2, -0.15) is 0 Å². The predicted molar refractivity (Wildman–Crippen MR) is 158 cm³/mol. The number of rotatable bonds is 9. The van der Waals surface area contributed by atoms with Crippen molar-refractivity contribution in [2.24, 2.45) is 0 Å². The van der Waals surface area contributed by atoms with Crippen LogP contribution in [0.5, 0.6) is 0 Å².